The topological polar surface area (TPSA) is 87.8 Å². The van der Waals surface area contributed by atoms with E-state index in [2.05, 4.69) is 6.07 Å². The molecule has 1 atom stereocenters. The minimum Gasteiger partial charge on any atom is -0.481 e. The fourth-order valence-electron chi connectivity index (χ4n) is 4.65. The first kappa shape index (κ1) is 24.2. The highest BCUT2D eigenvalue weighted by Gasteiger charge is 2.36. The number of rotatable bonds is 8. The van der Waals surface area contributed by atoms with Crippen LogP contribution in [-0.2, 0) is 9.59 Å². The van der Waals surface area contributed by atoms with Crippen molar-refractivity contribution < 1.29 is 14.7 Å². The summed E-state index contributed by atoms with van der Waals surface area (Å²) in [6.07, 6.45) is 2.84. The smallest absolute Gasteiger partial charge is 0.303 e. The average Bonchev–Trinajstić information content (AvgIpc) is 3.55. The summed E-state index contributed by atoms with van der Waals surface area (Å²) in [6.45, 7) is 2.03. The van der Waals surface area contributed by atoms with Crippen LogP contribution in [0.1, 0.15) is 48.4 Å². The molecule has 1 unspecified atom stereocenters. The first-order chi connectivity index (χ1) is 18.0. The lowest BCUT2D eigenvalue weighted by Gasteiger charge is -2.22. The minimum absolute atomic E-state index is 0.0557. The van der Waals surface area contributed by atoms with Crippen LogP contribution < -0.4 is 0 Å². The number of hydrazone groups is 1. The molecule has 4 aromatic rings. The Bertz CT molecular complexity index is 1440. The van der Waals surface area contributed by atoms with Crippen molar-refractivity contribution in [3.8, 4) is 16.9 Å². The summed E-state index contributed by atoms with van der Waals surface area (Å²) in [6, 6.07) is 27.5. The molecule has 5 rings (SSSR count). The van der Waals surface area contributed by atoms with E-state index < -0.39 is 5.97 Å². The molecule has 0 fully saturated rings. The maximum absolute atomic E-state index is 13.4. The monoisotopic (exact) mass is 492 g/mol. The van der Waals surface area contributed by atoms with Crippen molar-refractivity contribution in [1.82, 2.24) is 14.8 Å². The maximum atomic E-state index is 13.4. The number of carboxylic acid groups (broad SMARTS) is 1. The molecule has 7 nitrogen and oxygen atoms in total. The van der Waals surface area contributed by atoms with Crippen molar-refractivity contribution >= 4 is 17.6 Å². The minimum atomic E-state index is -0.912. The van der Waals surface area contributed by atoms with E-state index in [1.54, 1.807) is 0 Å². The van der Waals surface area contributed by atoms with Gasteiger partial charge in [-0.25, -0.2) is 9.69 Å². The van der Waals surface area contributed by atoms with Crippen LogP contribution in [0, 0.1) is 6.92 Å². The van der Waals surface area contributed by atoms with Crippen LogP contribution in [-0.4, -0.2) is 37.5 Å². The molecule has 0 spiro atoms. The van der Waals surface area contributed by atoms with Crippen molar-refractivity contribution in [2.75, 3.05) is 0 Å². The average molecular weight is 493 g/mol. The molecule has 1 amide bonds. The van der Waals surface area contributed by atoms with Gasteiger partial charge in [0.15, 0.2) is 0 Å². The fourth-order valence-corrected chi connectivity index (χ4v) is 4.65. The van der Waals surface area contributed by atoms with Gasteiger partial charge in [-0.1, -0.05) is 78.4 Å². The Morgan fingerprint density at radius 1 is 0.919 bits per heavy atom. The molecule has 0 saturated heterocycles. The van der Waals surface area contributed by atoms with E-state index in [0.717, 1.165) is 39.3 Å². The lowest BCUT2D eigenvalue weighted by Crippen LogP contribution is -2.27. The van der Waals surface area contributed by atoms with Gasteiger partial charge in [0.1, 0.15) is 0 Å². The molecular weight excluding hydrogens is 464 g/mol. The van der Waals surface area contributed by atoms with E-state index in [1.165, 1.54) is 5.01 Å². The van der Waals surface area contributed by atoms with E-state index in [4.69, 9.17) is 15.3 Å². The van der Waals surface area contributed by atoms with Gasteiger partial charge in [0.2, 0.25) is 5.91 Å². The predicted octanol–water partition coefficient (Wildman–Crippen LogP) is 5.78. The summed E-state index contributed by atoms with van der Waals surface area (Å²) < 4.78 is 1.84. The number of amides is 1. The summed E-state index contributed by atoms with van der Waals surface area (Å²) in [4.78, 5) is 24.4. The number of aliphatic carboxylic acids is 1. The number of carboxylic acids is 1. The first-order valence-electron chi connectivity index (χ1n) is 12.4. The Hall–Kier alpha value is -4.52. The van der Waals surface area contributed by atoms with Gasteiger partial charge in [-0.3, -0.25) is 9.59 Å². The molecule has 1 aliphatic heterocycles. The van der Waals surface area contributed by atoms with Crippen LogP contribution in [0.5, 0.6) is 0 Å². The van der Waals surface area contributed by atoms with Crippen LogP contribution in [0.4, 0.5) is 0 Å². The molecule has 37 heavy (non-hydrogen) atoms. The Kier molecular flexibility index (Phi) is 6.94. The number of aromatic nitrogens is 2. The van der Waals surface area contributed by atoms with Crippen LogP contribution in [0.25, 0.3) is 16.9 Å². The van der Waals surface area contributed by atoms with Crippen LogP contribution in [0.3, 0.4) is 0 Å². The van der Waals surface area contributed by atoms with Crippen molar-refractivity contribution in [2.24, 2.45) is 5.10 Å². The second-order valence-corrected chi connectivity index (χ2v) is 9.20. The lowest BCUT2D eigenvalue weighted by molar-refractivity contribution is -0.137. The second-order valence-electron chi connectivity index (χ2n) is 9.20. The van der Waals surface area contributed by atoms with Crippen molar-refractivity contribution in [2.45, 2.75) is 38.6 Å². The number of benzene rings is 3. The molecule has 0 aliphatic carbocycles. The van der Waals surface area contributed by atoms with Gasteiger partial charge in [0, 0.05) is 36.6 Å². The zero-order valence-electron chi connectivity index (χ0n) is 20.6. The van der Waals surface area contributed by atoms with E-state index in [1.807, 2.05) is 96.7 Å². The van der Waals surface area contributed by atoms with Gasteiger partial charge < -0.3 is 5.11 Å². The van der Waals surface area contributed by atoms with Gasteiger partial charge in [-0.2, -0.15) is 10.2 Å². The first-order valence-corrected chi connectivity index (χ1v) is 12.4. The van der Waals surface area contributed by atoms with Gasteiger partial charge in [0.05, 0.1) is 23.1 Å². The Balaban J connectivity index is 1.57. The van der Waals surface area contributed by atoms with Crippen LogP contribution >= 0.6 is 0 Å². The van der Waals surface area contributed by atoms with Crippen molar-refractivity contribution in [3.05, 3.63) is 108 Å². The van der Waals surface area contributed by atoms with Gasteiger partial charge in [0.25, 0.3) is 0 Å². The van der Waals surface area contributed by atoms with E-state index in [-0.39, 0.29) is 31.2 Å². The summed E-state index contributed by atoms with van der Waals surface area (Å²) in [5.74, 6) is -1.11. The standard InChI is InChI=1S/C30H28N4O3/c1-21-10-8-13-23(18-21)26-19-27(34(31-26)28(35)16-9-17-29(36)37)25-20-33(24-14-6-3-7-15-24)32-30(25)22-11-4-2-5-12-22/h2-8,10-15,18,20,27H,9,16-17,19H2,1H3,(H,36,37). The van der Waals surface area contributed by atoms with Crippen LogP contribution in [0.2, 0.25) is 0 Å². The van der Waals surface area contributed by atoms with Crippen LogP contribution in [0.15, 0.2) is 96.2 Å². The number of hydrogen-bond acceptors (Lipinski definition) is 4. The Labute approximate surface area is 215 Å². The van der Waals surface area contributed by atoms with Crippen molar-refractivity contribution in [3.63, 3.8) is 0 Å². The third kappa shape index (κ3) is 5.35. The molecule has 1 aliphatic rings. The normalized spacial score (nSPS) is 15.0. The third-order valence-electron chi connectivity index (χ3n) is 6.47. The number of carbonyl (C=O) groups excluding carboxylic acids is 1. The molecule has 0 bridgehead atoms. The number of aryl methyl sites for hydroxylation is 1. The highest BCUT2D eigenvalue weighted by molar-refractivity contribution is 6.03. The third-order valence-corrected chi connectivity index (χ3v) is 6.47. The number of hydrogen-bond donors (Lipinski definition) is 1. The highest BCUT2D eigenvalue weighted by Crippen LogP contribution is 2.38. The SMILES string of the molecule is Cc1cccc(C2=NN(C(=O)CCCC(=O)O)C(c3cn(-c4ccccc4)nc3-c3ccccc3)C2)c1. The van der Waals surface area contributed by atoms with Gasteiger partial charge in [-0.15, -0.1) is 0 Å². The molecule has 3 aromatic carbocycles. The zero-order valence-corrected chi connectivity index (χ0v) is 20.6. The van der Waals surface area contributed by atoms with Gasteiger partial charge >= 0.3 is 5.97 Å². The molecule has 2 heterocycles. The number of para-hydroxylation sites is 1. The molecule has 1 aromatic heterocycles. The molecular formula is C30H28N4O3. The van der Waals surface area contributed by atoms with E-state index in [0.29, 0.717) is 6.42 Å². The molecule has 7 heteroatoms. The Morgan fingerprint density at radius 3 is 2.32 bits per heavy atom. The molecule has 0 radical (unpaired) electrons. The molecule has 0 saturated carbocycles. The summed E-state index contributed by atoms with van der Waals surface area (Å²) in [5, 5.41) is 20.3. The second kappa shape index (κ2) is 10.6. The van der Waals surface area contributed by atoms with E-state index in [9.17, 15) is 9.59 Å². The number of carbonyl (C=O) groups is 2. The largest absolute Gasteiger partial charge is 0.481 e. The number of nitrogens with zero attached hydrogens (tertiary/aromatic N) is 4. The summed E-state index contributed by atoms with van der Waals surface area (Å²) in [5.41, 5.74) is 6.48. The summed E-state index contributed by atoms with van der Waals surface area (Å²) in [7, 11) is 0. The lowest BCUT2D eigenvalue weighted by atomic mass is 9.96. The Morgan fingerprint density at radius 2 is 1.62 bits per heavy atom. The molecule has 186 valence electrons. The van der Waals surface area contributed by atoms with Crippen molar-refractivity contribution in [1.29, 1.82) is 0 Å². The predicted molar refractivity (Wildman–Crippen MR) is 142 cm³/mol. The molecule has 1 N–H and O–H groups in total. The maximum Gasteiger partial charge on any atom is 0.303 e. The van der Waals surface area contributed by atoms with E-state index >= 15 is 0 Å². The highest BCUT2D eigenvalue weighted by atomic mass is 16.4. The van der Waals surface area contributed by atoms with Gasteiger partial charge in [-0.05, 0) is 31.0 Å². The fraction of sp³-hybridized carbons (Fsp3) is 0.200. The summed E-state index contributed by atoms with van der Waals surface area (Å²) >= 11 is 0. The zero-order chi connectivity index (χ0) is 25.8. The quantitative estimate of drug-likeness (QED) is 0.338.